The van der Waals surface area contributed by atoms with E-state index in [1.807, 2.05) is 0 Å². The van der Waals surface area contributed by atoms with Crippen molar-refractivity contribution in [2.24, 2.45) is 0 Å². The second-order valence-electron chi connectivity index (χ2n) is 4.34. The summed E-state index contributed by atoms with van der Waals surface area (Å²) in [6.45, 7) is 4.11. The standard InChI is InChI=1S/C11H15NO4S/c1-8-5-4-6-9(12-8)7-17(15,16)11(2,3)10(13)14/h4-6H,7H2,1-3H3,(H,13,14). The van der Waals surface area contributed by atoms with Gasteiger partial charge in [-0.2, -0.15) is 0 Å². The molecule has 0 aliphatic carbocycles. The number of carbonyl (C=O) groups is 1. The van der Waals surface area contributed by atoms with E-state index in [1.54, 1.807) is 25.1 Å². The normalized spacial score (nSPS) is 12.4. The van der Waals surface area contributed by atoms with Crippen LogP contribution in [0.4, 0.5) is 0 Å². The SMILES string of the molecule is Cc1cccc(CS(=O)(=O)C(C)(C)C(=O)O)n1. The third kappa shape index (κ3) is 2.82. The van der Waals surface area contributed by atoms with Crippen LogP contribution < -0.4 is 0 Å². The molecule has 0 saturated carbocycles. The smallest absolute Gasteiger partial charge is 0.324 e. The van der Waals surface area contributed by atoms with E-state index in [-0.39, 0.29) is 5.75 Å². The fraction of sp³-hybridized carbons (Fsp3) is 0.455. The van der Waals surface area contributed by atoms with Gasteiger partial charge in [-0.25, -0.2) is 8.42 Å². The van der Waals surface area contributed by atoms with Gasteiger partial charge in [-0.1, -0.05) is 6.07 Å². The molecule has 1 rings (SSSR count). The summed E-state index contributed by atoms with van der Waals surface area (Å²) >= 11 is 0. The lowest BCUT2D eigenvalue weighted by Crippen LogP contribution is -2.41. The van der Waals surface area contributed by atoms with E-state index in [1.165, 1.54) is 13.8 Å². The average molecular weight is 257 g/mol. The minimum atomic E-state index is -3.79. The van der Waals surface area contributed by atoms with Crippen molar-refractivity contribution in [1.82, 2.24) is 4.98 Å². The van der Waals surface area contributed by atoms with Crippen molar-refractivity contribution in [2.45, 2.75) is 31.3 Å². The summed E-state index contributed by atoms with van der Waals surface area (Å²) in [5.74, 6) is -1.72. The average Bonchev–Trinajstić information content (AvgIpc) is 2.16. The first-order valence-electron chi connectivity index (χ1n) is 5.05. The third-order valence-corrected chi connectivity index (χ3v) is 4.98. The van der Waals surface area contributed by atoms with Crippen molar-refractivity contribution in [3.63, 3.8) is 0 Å². The molecule has 17 heavy (non-hydrogen) atoms. The van der Waals surface area contributed by atoms with Gasteiger partial charge in [-0.15, -0.1) is 0 Å². The van der Waals surface area contributed by atoms with Gasteiger partial charge in [-0.05, 0) is 32.9 Å². The van der Waals surface area contributed by atoms with Gasteiger partial charge in [0.2, 0.25) is 0 Å². The topological polar surface area (TPSA) is 84.3 Å². The Bertz CT molecular complexity index is 534. The predicted molar refractivity (Wildman–Crippen MR) is 63.3 cm³/mol. The highest BCUT2D eigenvalue weighted by Crippen LogP contribution is 2.21. The van der Waals surface area contributed by atoms with E-state index in [2.05, 4.69) is 4.98 Å². The summed E-state index contributed by atoms with van der Waals surface area (Å²) < 4.78 is 22.1. The molecule has 0 aliphatic heterocycles. The van der Waals surface area contributed by atoms with Crippen molar-refractivity contribution >= 4 is 15.8 Å². The van der Waals surface area contributed by atoms with Crippen LogP contribution in [-0.4, -0.2) is 29.2 Å². The zero-order chi connectivity index (χ0) is 13.3. The maximum absolute atomic E-state index is 12.0. The summed E-state index contributed by atoms with van der Waals surface area (Å²) in [5.41, 5.74) is 1.06. The van der Waals surface area contributed by atoms with E-state index in [9.17, 15) is 13.2 Å². The Hall–Kier alpha value is -1.43. The number of aryl methyl sites for hydroxylation is 1. The van der Waals surface area contributed by atoms with Crippen molar-refractivity contribution in [2.75, 3.05) is 0 Å². The largest absolute Gasteiger partial charge is 0.480 e. The number of aliphatic carboxylic acids is 1. The number of hydrogen-bond donors (Lipinski definition) is 1. The van der Waals surface area contributed by atoms with Gasteiger partial charge >= 0.3 is 5.97 Å². The van der Waals surface area contributed by atoms with E-state index in [0.29, 0.717) is 11.4 Å². The predicted octanol–water partition coefficient (Wildman–Crippen LogP) is 1.17. The van der Waals surface area contributed by atoms with Gasteiger partial charge in [-0.3, -0.25) is 9.78 Å². The van der Waals surface area contributed by atoms with Crippen LogP contribution in [0.1, 0.15) is 25.2 Å². The minimum absolute atomic E-state index is 0.360. The molecule has 0 fully saturated rings. The Morgan fingerprint density at radius 1 is 1.41 bits per heavy atom. The number of sulfone groups is 1. The molecule has 1 aromatic heterocycles. The van der Waals surface area contributed by atoms with E-state index in [4.69, 9.17) is 5.11 Å². The lowest BCUT2D eigenvalue weighted by atomic mass is 10.2. The number of carboxylic acid groups (broad SMARTS) is 1. The fourth-order valence-corrected chi connectivity index (χ4v) is 2.37. The molecule has 5 nitrogen and oxygen atoms in total. The molecule has 0 aliphatic rings. The molecule has 6 heteroatoms. The number of rotatable bonds is 4. The first-order valence-corrected chi connectivity index (χ1v) is 6.70. The lowest BCUT2D eigenvalue weighted by molar-refractivity contribution is -0.139. The molecule has 0 atom stereocenters. The van der Waals surface area contributed by atoms with Crippen LogP contribution in [0, 0.1) is 6.92 Å². The van der Waals surface area contributed by atoms with Crippen LogP contribution in [0.15, 0.2) is 18.2 Å². The van der Waals surface area contributed by atoms with Crippen LogP contribution in [0.2, 0.25) is 0 Å². The molecule has 0 bridgehead atoms. The maximum Gasteiger partial charge on any atom is 0.324 e. The molecule has 1 heterocycles. The Labute approximate surface area is 100 Å². The Morgan fingerprint density at radius 2 is 2.00 bits per heavy atom. The zero-order valence-electron chi connectivity index (χ0n) is 9.97. The third-order valence-electron chi connectivity index (χ3n) is 2.58. The Morgan fingerprint density at radius 3 is 2.47 bits per heavy atom. The van der Waals surface area contributed by atoms with Gasteiger partial charge < -0.3 is 5.11 Å². The van der Waals surface area contributed by atoms with Gasteiger partial charge in [0.15, 0.2) is 14.6 Å². The molecule has 94 valence electrons. The summed E-state index contributed by atoms with van der Waals surface area (Å²) in [6.07, 6.45) is 0. The van der Waals surface area contributed by atoms with Crippen LogP contribution in [0.3, 0.4) is 0 Å². The Kier molecular flexibility index (Phi) is 3.56. The van der Waals surface area contributed by atoms with Gasteiger partial charge in [0.1, 0.15) is 0 Å². The second kappa shape index (κ2) is 4.44. The molecular weight excluding hydrogens is 242 g/mol. The summed E-state index contributed by atoms with van der Waals surface area (Å²) in [4.78, 5) is 15.0. The second-order valence-corrected chi connectivity index (χ2v) is 6.88. The first-order chi connectivity index (χ1) is 7.67. The zero-order valence-corrected chi connectivity index (χ0v) is 10.8. The molecule has 0 radical (unpaired) electrons. The monoisotopic (exact) mass is 257 g/mol. The quantitative estimate of drug-likeness (QED) is 0.875. The highest BCUT2D eigenvalue weighted by atomic mass is 32.2. The molecule has 0 spiro atoms. The summed E-state index contributed by atoms with van der Waals surface area (Å²) in [7, 11) is -3.79. The number of nitrogens with zero attached hydrogens (tertiary/aromatic N) is 1. The highest BCUT2D eigenvalue weighted by Gasteiger charge is 2.41. The van der Waals surface area contributed by atoms with E-state index < -0.39 is 20.6 Å². The molecule has 0 saturated heterocycles. The van der Waals surface area contributed by atoms with Crippen molar-refractivity contribution in [3.05, 3.63) is 29.6 Å². The van der Waals surface area contributed by atoms with Crippen LogP contribution in [0.25, 0.3) is 0 Å². The molecule has 0 unspecified atom stereocenters. The van der Waals surface area contributed by atoms with Gasteiger partial charge in [0, 0.05) is 5.69 Å². The van der Waals surface area contributed by atoms with Crippen molar-refractivity contribution in [3.8, 4) is 0 Å². The minimum Gasteiger partial charge on any atom is -0.480 e. The summed E-state index contributed by atoms with van der Waals surface area (Å²) in [5, 5.41) is 8.91. The molecule has 0 amide bonds. The first kappa shape index (κ1) is 13.6. The van der Waals surface area contributed by atoms with Crippen LogP contribution in [-0.2, 0) is 20.4 Å². The molecule has 1 N–H and O–H groups in total. The molecular formula is C11H15NO4S. The van der Waals surface area contributed by atoms with Crippen molar-refractivity contribution in [1.29, 1.82) is 0 Å². The summed E-state index contributed by atoms with van der Waals surface area (Å²) in [6, 6.07) is 5.02. The number of pyridine rings is 1. The highest BCUT2D eigenvalue weighted by molar-refractivity contribution is 7.92. The van der Waals surface area contributed by atoms with Crippen LogP contribution >= 0.6 is 0 Å². The van der Waals surface area contributed by atoms with Crippen molar-refractivity contribution < 1.29 is 18.3 Å². The maximum atomic E-state index is 12.0. The Balaban J connectivity index is 3.07. The number of hydrogen-bond acceptors (Lipinski definition) is 4. The molecule has 0 aromatic carbocycles. The van der Waals surface area contributed by atoms with Gasteiger partial charge in [0.25, 0.3) is 0 Å². The van der Waals surface area contributed by atoms with E-state index >= 15 is 0 Å². The fourth-order valence-electron chi connectivity index (χ4n) is 1.19. The number of aromatic nitrogens is 1. The number of carboxylic acids is 1. The lowest BCUT2D eigenvalue weighted by Gasteiger charge is -2.19. The van der Waals surface area contributed by atoms with E-state index in [0.717, 1.165) is 0 Å². The molecule has 1 aromatic rings. The van der Waals surface area contributed by atoms with Gasteiger partial charge in [0.05, 0.1) is 11.4 Å². The van der Waals surface area contributed by atoms with Crippen LogP contribution in [0.5, 0.6) is 0 Å².